The summed E-state index contributed by atoms with van der Waals surface area (Å²) < 4.78 is 4.92. The molecule has 0 radical (unpaired) electrons. The number of oxime groups is 1. The summed E-state index contributed by atoms with van der Waals surface area (Å²) in [6, 6.07) is 8.31. The molecule has 0 saturated heterocycles. The number of halogens is 1. The molecule has 0 aliphatic carbocycles. The monoisotopic (exact) mass is 255 g/mol. The van der Waals surface area contributed by atoms with Crippen molar-refractivity contribution in [2.45, 2.75) is 0 Å². The molecule has 1 rings (SSSR count). The Morgan fingerprint density at radius 2 is 1.94 bits per heavy atom. The van der Waals surface area contributed by atoms with Gasteiger partial charge in [0.05, 0.1) is 5.88 Å². The number of nitrogens with zero attached hydrogens (tertiary/aromatic N) is 1. The maximum absolute atomic E-state index is 11.6. The summed E-state index contributed by atoms with van der Waals surface area (Å²) in [6.07, 6.45) is 0. The zero-order chi connectivity index (χ0) is 12.7. The van der Waals surface area contributed by atoms with Gasteiger partial charge in [0.1, 0.15) is 12.9 Å². The second kappa shape index (κ2) is 6.65. The largest absolute Gasteiger partial charge is 0.422 e. The zero-order valence-electron chi connectivity index (χ0n) is 9.05. The van der Waals surface area contributed by atoms with Crippen molar-refractivity contribution in [3.63, 3.8) is 0 Å². The summed E-state index contributed by atoms with van der Waals surface area (Å²) in [7, 11) is 1.22. The van der Waals surface area contributed by atoms with Crippen LogP contribution in [0, 0.1) is 0 Å². The highest BCUT2D eigenvalue weighted by molar-refractivity contribution is 6.67. The van der Waals surface area contributed by atoms with E-state index in [1.54, 1.807) is 30.3 Å². The molecule has 0 unspecified atom stereocenters. The predicted molar refractivity (Wildman–Crippen MR) is 62.2 cm³/mol. The Morgan fingerprint density at radius 3 is 2.47 bits per heavy atom. The molecule has 17 heavy (non-hydrogen) atoms. The lowest BCUT2D eigenvalue weighted by molar-refractivity contribution is -0.128. The highest BCUT2D eigenvalue weighted by atomic mass is 35.5. The number of Topliss-reactive ketones (excluding diaryl/α,β-unsaturated/α-hetero) is 1. The molecule has 0 N–H and O–H groups in total. The van der Waals surface area contributed by atoms with E-state index < -0.39 is 17.5 Å². The molecule has 0 aromatic heterocycles. The lowest BCUT2D eigenvalue weighted by Crippen LogP contribution is -2.29. The molecule has 90 valence electrons. The average Bonchev–Trinajstić information content (AvgIpc) is 2.36. The molecule has 6 heteroatoms. The van der Waals surface area contributed by atoms with Crippen molar-refractivity contribution in [2.75, 3.05) is 13.0 Å². The molecule has 5 nitrogen and oxygen atoms in total. The normalized spacial score (nSPS) is 10.8. The lowest BCUT2D eigenvalue weighted by Gasteiger charge is -2.04. The Kier molecular flexibility index (Phi) is 5.16. The second-order valence-corrected chi connectivity index (χ2v) is 3.15. The Morgan fingerprint density at radius 1 is 1.29 bits per heavy atom. The van der Waals surface area contributed by atoms with Gasteiger partial charge in [0.25, 0.3) is 0 Å². The minimum atomic E-state index is -0.899. The molecular formula is C11H10ClNO4. The van der Waals surface area contributed by atoms with Crippen molar-refractivity contribution in [1.82, 2.24) is 0 Å². The predicted octanol–water partition coefficient (Wildman–Crippen LogP) is 1.40. The van der Waals surface area contributed by atoms with Crippen LogP contribution in [0.25, 0.3) is 0 Å². The quantitative estimate of drug-likeness (QED) is 0.199. The highest BCUT2D eigenvalue weighted by Gasteiger charge is 2.22. The molecule has 0 aliphatic heterocycles. The molecule has 0 amide bonds. The van der Waals surface area contributed by atoms with Crippen LogP contribution >= 0.6 is 11.6 Å². The molecule has 0 spiro atoms. The second-order valence-electron chi connectivity index (χ2n) is 2.88. The van der Waals surface area contributed by atoms with E-state index in [-0.39, 0.29) is 5.88 Å². The molecule has 0 saturated carbocycles. The number of para-hydroxylation sites is 1. The van der Waals surface area contributed by atoms with E-state index in [0.717, 1.165) is 0 Å². The van der Waals surface area contributed by atoms with Gasteiger partial charge in [0.2, 0.25) is 11.5 Å². The number of carbonyl (C=O) groups is 2. The summed E-state index contributed by atoms with van der Waals surface area (Å²) >= 11 is 5.34. The van der Waals surface area contributed by atoms with Crippen LogP contribution in [0.2, 0.25) is 0 Å². The smallest absolute Gasteiger partial charge is 0.369 e. The van der Waals surface area contributed by atoms with Crippen LogP contribution in [0.5, 0.6) is 5.75 Å². The van der Waals surface area contributed by atoms with Crippen molar-refractivity contribution in [3.05, 3.63) is 30.3 Å². The Bertz CT molecular complexity index is 430. The number of benzene rings is 1. The fourth-order valence-electron chi connectivity index (χ4n) is 1.00. The fraction of sp³-hybridized carbons (Fsp3) is 0.182. The SMILES string of the molecule is CON=C(C(=O)CCl)C(=O)Oc1ccccc1. The summed E-state index contributed by atoms with van der Waals surface area (Å²) in [5.74, 6) is -1.62. The maximum atomic E-state index is 11.6. The van der Waals surface area contributed by atoms with Gasteiger partial charge in [-0.25, -0.2) is 4.79 Å². The van der Waals surface area contributed by atoms with Crippen molar-refractivity contribution >= 4 is 29.1 Å². The van der Waals surface area contributed by atoms with E-state index in [1.165, 1.54) is 7.11 Å². The van der Waals surface area contributed by atoms with Gasteiger partial charge in [-0.1, -0.05) is 23.4 Å². The summed E-state index contributed by atoms with van der Waals surface area (Å²) in [4.78, 5) is 27.3. The number of ether oxygens (including phenoxy) is 1. The van der Waals surface area contributed by atoms with Crippen molar-refractivity contribution in [2.24, 2.45) is 5.16 Å². The van der Waals surface area contributed by atoms with E-state index in [4.69, 9.17) is 16.3 Å². The molecule has 0 heterocycles. The average molecular weight is 256 g/mol. The first kappa shape index (κ1) is 13.2. The first-order valence-corrected chi connectivity index (χ1v) is 5.20. The molecule has 0 bridgehead atoms. The summed E-state index contributed by atoms with van der Waals surface area (Å²) in [5, 5.41) is 3.30. The third-order valence-corrected chi connectivity index (χ3v) is 1.96. The number of esters is 1. The van der Waals surface area contributed by atoms with Crippen LogP contribution in [0.15, 0.2) is 35.5 Å². The third kappa shape index (κ3) is 3.88. The van der Waals surface area contributed by atoms with Gasteiger partial charge >= 0.3 is 5.97 Å². The number of hydrogen-bond donors (Lipinski definition) is 0. The van der Waals surface area contributed by atoms with Gasteiger partial charge in [0, 0.05) is 0 Å². The standard InChI is InChI=1S/C11H10ClNO4/c1-16-13-10(9(14)7-12)11(15)17-8-5-3-2-4-6-8/h2-6H,7H2,1H3. The molecule has 0 aliphatic rings. The lowest BCUT2D eigenvalue weighted by atomic mass is 10.3. The molecule has 1 aromatic carbocycles. The Hall–Kier alpha value is -1.88. The fourth-order valence-corrected chi connectivity index (χ4v) is 1.13. The minimum Gasteiger partial charge on any atom is -0.422 e. The highest BCUT2D eigenvalue weighted by Crippen LogP contribution is 2.09. The van der Waals surface area contributed by atoms with Gasteiger partial charge in [-0.2, -0.15) is 0 Å². The number of hydrogen-bond acceptors (Lipinski definition) is 5. The van der Waals surface area contributed by atoms with E-state index in [2.05, 4.69) is 9.99 Å². The van der Waals surface area contributed by atoms with E-state index >= 15 is 0 Å². The van der Waals surface area contributed by atoms with Gasteiger partial charge in [0.15, 0.2) is 0 Å². The summed E-state index contributed by atoms with van der Waals surface area (Å²) in [5.41, 5.74) is -0.466. The van der Waals surface area contributed by atoms with Crippen LogP contribution < -0.4 is 4.74 Å². The van der Waals surface area contributed by atoms with Gasteiger partial charge in [-0.15, -0.1) is 11.6 Å². The topological polar surface area (TPSA) is 65.0 Å². The maximum Gasteiger partial charge on any atom is 0.369 e. The van der Waals surface area contributed by atoms with E-state index in [9.17, 15) is 9.59 Å². The number of rotatable bonds is 5. The third-order valence-electron chi connectivity index (χ3n) is 1.72. The van der Waals surface area contributed by atoms with Gasteiger partial charge in [-0.3, -0.25) is 4.79 Å². The molecule has 0 fully saturated rings. The molecular weight excluding hydrogens is 246 g/mol. The Balaban J connectivity index is 2.80. The van der Waals surface area contributed by atoms with Gasteiger partial charge < -0.3 is 9.57 Å². The van der Waals surface area contributed by atoms with E-state index in [0.29, 0.717) is 5.75 Å². The summed E-state index contributed by atoms with van der Waals surface area (Å²) in [6.45, 7) is 0. The van der Waals surface area contributed by atoms with Crippen LogP contribution in [0.1, 0.15) is 0 Å². The number of carbonyl (C=O) groups excluding carboxylic acids is 2. The van der Waals surface area contributed by atoms with Crippen molar-refractivity contribution in [1.29, 1.82) is 0 Å². The van der Waals surface area contributed by atoms with Crippen LogP contribution in [0.4, 0.5) is 0 Å². The van der Waals surface area contributed by atoms with Crippen molar-refractivity contribution < 1.29 is 19.2 Å². The van der Waals surface area contributed by atoms with Crippen molar-refractivity contribution in [3.8, 4) is 5.75 Å². The van der Waals surface area contributed by atoms with Crippen LogP contribution in [-0.2, 0) is 14.4 Å². The zero-order valence-corrected chi connectivity index (χ0v) is 9.81. The van der Waals surface area contributed by atoms with Gasteiger partial charge in [-0.05, 0) is 12.1 Å². The number of alkyl halides is 1. The first-order chi connectivity index (χ1) is 8.19. The van der Waals surface area contributed by atoms with E-state index in [1.807, 2.05) is 0 Å². The molecule has 1 aromatic rings. The van der Waals surface area contributed by atoms with Crippen LogP contribution in [0.3, 0.4) is 0 Å². The number of ketones is 1. The van der Waals surface area contributed by atoms with Crippen LogP contribution in [-0.4, -0.2) is 30.5 Å². The first-order valence-electron chi connectivity index (χ1n) is 4.66. The molecule has 0 atom stereocenters. The minimum absolute atomic E-state index is 0.309. The Labute approximate surface area is 103 Å².